The molecule has 0 saturated heterocycles. The topological polar surface area (TPSA) is 4.36 Å². The summed E-state index contributed by atoms with van der Waals surface area (Å²) in [5, 5.41) is 0. The molecule has 2 aliphatic carbocycles. The SMILES string of the molecule is [C-]#[N+]C1(C2CC2)CC1. The van der Waals surface area contributed by atoms with Crippen LogP contribution in [0.5, 0.6) is 0 Å². The fourth-order valence-corrected chi connectivity index (χ4v) is 1.36. The van der Waals surface area contributed by atoms with Crippen LogP contribution in [-0.4, -0.2) is 5.54 Å². The lowest BCUT2D eigenvalue weighted by Crippen LogP contribution is -2.02. The van der Waals surface area contributed by atoms with Gasteiger partial charge in [0.05, 0.1) is 0 Å². The van der Waals surface area contributed by atoms with Gasteiger partial charge in [0, 0.05) is 18.8 Å². The van der Waals surface area contributed by atoms with E-state index in [0.29, 0.717) is 0 Å². The number of rotatable bonds is 1. The zero-order valence-corrected chi connectivity index (χ0v) is 4.85. The van der Waals surface area contributed by atoms with Crippen LogP contribution in [0.2, 0.25) is 0 Å². The number of hydrogen-bond acceptors (Lipinski definition) is 0. The molecule has 0 N–H and O–H groups in total. The van der Waals surface area contributed by atoms with E-state index in [2.05, 4.69) is 4.85 Å². The number of hydrogen-bond donors (Lipinski definition) is 0. The molecule has 0 atom stereocenters. The molecule has 2 rings (SSSR count). The highest BCUT2D eigenvalue weighted by Crippen LogP contribution is 2.56. The summed E-state index contributed by atoms with van der Waals surface area (Å²) in [6.45, 7) is 6.86. The standard InChI is InChI=1S/C7H9N/c1-8-7(4-5-7)6-2-3-6/h6H,2-5H2. The first-order valence-corrected chi connectivity index (χ1v) is 3.26. The van der Waals surface area contributed by atoms with Gasteiger partial charge in [0.15, 0.2) is 0 Å². The van der Waals surface area contributed by atoms with Crippen molar-refractivity contribution in [3.05, 3.63) is 11.4 Å². The van der Waals surface area contributed by atoms with Crippen molar-refractivity contribution in [2.45, 2.75) is 31.2 Å². The molecule has 0 unspecified atom stereocenters. The van der Waals surface area contributed by atoms with E-state index in [0.717, 1.165) is 5.92 Å². The second-order valence-corrected chi connectivity index (χ2v) is 2.99. The fourth-order valence-electron chi connectivity index (χ4n) is 1.36. The summed E-state index contributed by atoms with van der Waals surface area (Å²) in [6, 6.07) is 0. The van der Waals surface area contributed by atoms with E-state index < -0.39 is 0 Å². The smallest absolute Gasteiger partial charge is 0.236 e. The predicted octanol–water partition coefficient (Wildman–Crippen LogP) is 1.85. The summed E-state index contributed by atoms with van der Waals surface area (Å²) in [5.74, 6) is 0.819. The van der Waals surface area contributed by atoms with Crippen LogP contribution in [0.25, 0.3) is 4.85 Å². The summed E-state index contributed by atoms with van der Waals surface area (Å²) >= 11 is 0. The minimum absolute atomic E-state index is 0.194. The van der Waals surface area contributed by atoms with E-state index >= 15 is 0 Å². The number of nitrogens with zero attached hydrogens (tertiary/aromatic N) is 1. The van der Waals surface area contributed by atoms with Crippen LogP contribution < -0.4 is 0 Å². The summed E-state index contributed by atoms with van der Waals surface area (Å²) in [5.41, 5.74) is 0.194. The molecule has 0 aromatic carbocycles. The predicted molar refractivity (Wildman–Crippen MR) is 31.3 cm³/mol. The Hall–Kier alpha value is -0.510. The normalized spacial score (nSPS) is 31.4. The molecule has 8 heavy (non-hydrogen) atoms. The molecule has 0 amide bonds. The minimum atomic E-state index is 0.194. The van der Waals surface area contributed by atoms with Crippen molar-refractivity contribution in [1.29, 1.82) is 0 Å². The minimum Gasteiger partial charge on any atom is -0.310 e. The summed E-state index contributed by atoms with van der Waals surface area (Å²) in [7, 11) is 0. The zero-order chi connectivity index (χ0) is 5.61. The van der Waals surface area contributed by atoms with Crippen molar-refractivity contribution in [2.24, 2.45) is 5.92 Å². The van der Waals surface area contributed by atoms with Gasteiger partial charge in [0.2, 0.25) is 5.54 Å². The van der Waals surface area contributed by atoms with E-state index in [1.54, 1.807) is 0 Å². The average Bonchev–Trinajstić information content (AvgIpc) is 2.63. The fraction of sp³-hybridized carbons (Fsp3) is 0.857. The quantitative estimate of drug-likeness (QED) is 0.450. The van der Waals surface area contributed by atoms with Crippen LogP contribution in [0.15, 0.2) is 0 Å². The molecule has 2 saturated carbocycles. The third kappa shape index (κ3) is 0.407. The first-order chi connectivity index (χ1) is 3.87. The highest BCUT2D eigenvalue weighted by molar-refractivity contribution is 5.18. The molecule has 1 heteroatoms. The van der Waals surface area contributed by atoms with Gasteiger partial charge in [-0.3, -0.25) is 0 Å². The van der Waals surface area contributed by atoms with Crippen molar-refractivity contribution in [1.82, 2.24) is 0 Å². The Morgan fingerprint density at radius 1 is 1.38 bits per heavy atom. The van der Waals surface area contributed by atoms with Crippen LogP contribution in [0.4, 0.5) is 0 Å². The van der Waals surface area contributed by atoms with Crippen molar-refractivity contribution in [3.63, 3.8) is 0 Å². The van der Waals surface area contributed by atoms with Crippen molar-refractivity contribution in [3.8, 4) is 0 Å². The van der Waals surface area contributed by atoms with Gasteiger partial charge in [0.25, 0.3) is 0 Å². The van der Waals surface area contributed by atoms with Crippen LogP contribution in [0, 0.1) is 12.5 Å². The van der Waals surface area contributed by atoms with Gasteiger partial charge >= 0.3 is 0 Å². The van der Waals surface area contributed by atoms with Crippen LogP contribution in [-0.2, 0) is 0 Å². The molecule has 0 aromatic heterocycles. The molecular weight excluding hydrogens is 98.1 g/mol. The van der Waals surface area contributed by atoms with Gasteiger partial charge in [-0.05, 0) is 12.8 Å². The third-order valence-electron chi connectivity index (χ3n) is 2.32. The van der Waals surface area contributed by atoms with E-state index in [9.17, 15) is 0 Å². The maximum Gasteiger partial charge on any atom is 0.236 e. The Morgan fingerprint density at radius 2 is 2.00 bits per heavy atom. The van der Waals surface area contributed by atoms with E-state index in [1.165, 1.54) is 25.7 Å². The second kappa shape index (κ2) is 1.07. The lowest BCUT2D eigenvalue weighted by Gasteiger charge is -1.93. The van der Waals surface area contributed by atoms with Crippen molar-refractivity contribution >= 4 is 0 Å². The van der Waals surface area contributed by atoms with Crippen LogP contribution in [0.1, 0.15) is 25.7 Å². The molecule has 0 aromatic rings. The Labute approximate surface area is 49.5 Å². The highest BCUT2D eigenvalue weighted by Gasteiger charge is 2.61. The van der Waals surface area contributed by atoms with E-state index in [1.807, 2.05) is 0 Å². The van der Waals surface area contributed by atoms with Gasteiger partial charge in [-0.15, -0.1) is 0 Å². The molecule has 2 aliphatic rings. The molecule has 42 valence electrons. The van der Waals surface area contributed by atoms with Crippen molar-refractivity contribution in [2.75, 3.05) is 0 Å². The molecule has 2 fully saturated rings. The Morgan fingerprint density at radius 3 is 2.12 bits per heavy atom. The Balaban J connectivity index is 2.12. The molecule has 1 nitrogen and oxygen atoms in total. The summed E-state index contributed by atoms with van der Waals surface area (Å²) in [6.07, 6.45) is 5.06. The van der Waals surface area contributed by atoms with Gasteiger partial charge in [0.1, 0.15) is 0 Å². The summed E-state index contributed by atoms with van der Waals surface area (Å²) in [4.78, 5) is 3.64. The molecular formula is C7H9N. The second-order valence-electron chi connectivity index (χ2n) is 2.99. The van der Waals surface area contributed by atoms with E-state index in [-0.39, 0.29) is 5.54 Å². The van der Waals surface area contributed by atoms with Gasteiger partial charge < -0.3 is 4.85 Å². The van der Waals surface area contributed by atoms with Gasteiger partial charge in [-0.1, -0.05) is 0 Å². The zero-order valence-electron chi connectivity index (χ0n) is 4.85. The molecule has 0 aliphatic heterocycles. The van der Waals surface area contributed by atoms with Crippen LogP contribution in [0.3, 0.4) is 0 Å². The molecule has 0 heterocycles. The maximum atomic E-state index is 6.86. The Bertz CT molecular complexity index is 146. The molecule has 0 bridgehead atoms. The van der Waals surface area contributed by atoms with Crippen molar-refractivity contribution < 1.29 is 0 Å². The lowest BCUT2D eigenvalue weighted by molar-refractivity contribution is 0.678. The van der Waals surface area contributed by atoms with Crippen LogP contribution >= 0.6 is 0 Å². The largest absolute Gasteiger partial charge is 0.310 e. The average molecular weight is 107 g/mol. The monoisotopic (exact) mass is 107 g/mol. The Kier molecular flexibility index (Phi) is 0.588. The molecule has 0 radical (unpaired) electrons. The third-order valence-corrected chi connectivity index (χ3v) is 2.32. The first-order valence-electron chi connectivity index (χ1n) is 3.26. The first kappa shape index (κ1) is 4.38. The lowest BCUT2D eigenvalue weighted by atomic mass is 10.2. The van der Waals surface area contributed by atoms with E-state index in [4.69, 9.17) is 6.57 Å². The van der Waals surface area contributed by atoms with Gasteiger partial charge in [-0.2, -0.15) is 0 Å². The molecule has 0 spiro atoms. The highest BCUT2D eigenvalue weighted by atomic mass is 14.9. The summed E-state index contributed by atoms with van der Waals surface area (Å²) < 4.78 is 0. The maximum absolute atomic E-state index is 6.86. The van der Waals surface area contributed by atoms with Gasteiger partial charge in [-0.25, -0.2) is 6.57 Å².